The molecular formula is C18H26N2. The molecule has 0 aromatic heterocycles. The molecule has 5 rings (SSSR count). The van der Waals surface area contributed by atoms with Gasteiger partial charge in [-0.05, 0) is 62.7 Å². The van der Waals surface area contributed by atoms with Crippen molar-refractivity contribution in [1.82, 2.24) is 10.2 Å². The molecule has 0 saturated carbocycles. The summed E-state index contributed by atoms with van der Waals surface area (Å²) in [6.45, 7) is 8.65. The zero-order valence-corrected chi connectivity index (χ0v) is 12.6. The Morgan fingerprint density at radius 3 is 2.80 bits per heavy atom. The molecule has 4 heterocycles. The lowest BCUT2D eigenvalue weighted by molar-refractivity contribution is -0.0617. The van der Waals surface area contributed by atoms with E-state index in [1.165, 1.54) is 57.5 Å². The Morgan fingerprint density at radius 2 is 2.10 bits per heavy atom. The van der Waals surface area contributed by atoms with E-state index >= 15 is 0 Å². The van der Waals surface area contributed by atoms with Crippen LogP contribution in [0.2, 0.25) is 0 Å². The number of nitrogens with zero attached hydrogens (tertiary/aromatic N) is 1. The molecule has 0 aliphatic carbocycles. The van der Waals surface area contributed by atoms with E-state index in [0.717, 1.165) is 5.92 Å². The van der Waals surface area contributed by atoms with Gasteiger partial charge >= 0.3 is 0 Å². The summed E-state index contributed by atoms with van der Waals surface area (Å²) in [4.78, 5) is 2.73. The number of piperidine rings is 4. The minimum Gasteiger partial charge on any atom is -0.316 e. The van der Waals surface area contributed by atoms with Crippen LogP contribution in [0.5, 0.6) is 0 Å². The Balaban J connectivity index is 1.73. The number of hydrogen-bond acceptors (Lipinski definition) is 2. The molecule has 20 heavy (non-hydrogen) atoms. The second-order valence-corrected chi connectivity index (χ2v) is 7.20. The molecule has 108 valence electrons. The van der Waals surface area contributed by atoms with Gasteiger partial charge in [-0.2, -0.15) is 0 Å². The number of aryl methyl sites for hydroxylation is 1. The molecule has 1 N–H and O–H groups in total. The summed E-state index contributed by atoms with van der Waals surface area (Å²) >= 11 is 0. The zero-order valence-electron chi connectivity index (χ0n) is 12.6. The van der Waals surface area contributed by atoms with E-state index in [1.54, 1.807) is 5.56 Å². The molecule has 1 aromatic carbocycles. The molecule has 1 aromatic rings. The van der Waals surface area contributed by atoms with Crippen LogP contribution in [-0.4, -0.2) is 37.6 Å². The third-order valence-corrected chi connectivity index (χ3v) is 6.17. The molecule has 0 radical (unpaired) electrons. The summed E-state index contributed by atoms with van der Waals surface area (Å²) in [5.41, 5.74) is 3.53. The summed E-state index contributed by atoms with van der Waals surface area (Å²) in [5.74, 6) is 1.67. The monoisotopic (exact) mass is 270 g/mol. The Bertz CT molecular complexity index is 490. The molecule has 1 spiro atoms. The normalized spacial score (nSPS) is 40.1. The largest absolute Gasteiger partial charge is 0.316 e. The summed E-state index contributed by atoms with van der Waals surface area (Å²) < 4.78 is 0. The van der Waals surface area contributed by atoms with Gasteiger partial charge in [-0.1, -0.05) is 29.8 Å². The third-order valence-electron chi connectivity index (χ3n) is 6.17. The lowest BCUT2D eigenvalue weighted by Crippen LogP contribution is -2.60. The average molecular weight is 270 g/mol. The first kappa shape index (κ1) is 12.8. The molecule has 0 amide bonds. The van der Waals surface area contributed by atoms with Crippen molar-refractivity contribution in [2.24, 2.45) is 11.3 Å². The molecule has 4 saturated heterocycles. The molecule has 2 heteroatoms. The van der Waals surface area contributed by atoms with Crippen LogP contribution in [0.25, 0.3) is 0 Å². The summed E-state index contributed by atoms with van der Waals surface area (Å²) in [5, 5.41) is 3.67. The van der Waals surface area contributed by atoms with Gasteiger partial charge < -0.3 is 10.2 Å². The fourth-order valence-electron chi connectivity index (χ4n) is 5.17. The van der Waals surface area contributed by atoms with Gasteiger partial charge in [-0.25, -0.2) is 0 Å². The summed E-state index contributed by atoms with van der Waals surface area (Å²) in [7, 11) is 0. The van der Waals surface area contributed by atoms with Crippen molar-refractivity contribution in [3.63, 3.8) is 0 Å². The Labute approximate surface area is 122 Å². The second-order valence-electron chi connectivity index (χ2n) is 7.20. The molecule has 2 atom stereocenters. The standard InChI is InChI=1S/C18H26N2/c1-14-3-2-4-15(11-14)17-12-19-8-7-18(17)13-20-9-5-16(18)6-10-20/h2-4,11,16-17,19H,5-10,12-13H2,1H3. The van der Waals surface area contributed by atoms with E-state index in [1.807, 2.05) is 0 Å². The predicted molar refractivity (Wildman–Crippen MR) is 83.0 cm³/mol. The Hall–Kier alpha value is -0.860. The van der Waals surface area contributed by atoms with E-state index < -0.39 is 0 Å². The highest BCUT2D eigenvalue weighted by molar-refractivity contribution is 5.29. The van der Waals surface area contributed by atoms with Crippen LogP contribution in [0.3, 0.4) is 0 Å². The molecule has 2 nitrogen and oxygen atoms in total. The van der Waals surface area contributed by atoms with Crippen molar-refractivity contribution < 1.29 is 0 Å². The highest BCUT2D eigenvalue weighted by atomic mass is 15.2. The van der Waals surface area contributed by atoms with Crippen molar-refractivity contribution in [3.8, 4) is 0 Å². The lowest BCUT2D eigenvalue weighted by atomic mass is 9.56. The molecule has 2 unspecified atom stereocenters. The van der Waals surface area contributed by atoms with Crippen LogP contribution in [0, 0.1) is 18.3 Å². The highest BCUT2D eigenvalue weighted by Gasteiger charge is 2.52. The van der Waals surface area contributed by atoms with Gasteiger partial charge in [0.15, 0.2) is 0 Å². The highest BCUT2D eigenvalue weighted by Crippen LogP contribution is 2.54. The fourth-order valence-corrected chi connectivity index (χ4v) is 5.17. The van der Waals surface area contributed by atoms with Gasteiger partial charge in [-0.15, -0.1) is 0 Å². The predicted octanol–water partition coefficient (Wildman–Crippen LogP) is 2.78. The van der Waals surface area contributed by atoms with E-state index in [0.29, 0.717) is 11.3 Å². The molecule has 2 bridgehead atoms. The van der Waals surface area contributed by atoms with Crippen LogP contribution in [0.1, 0.15) is 36.3 Å². The number of nitrogens with one attached hydrogen (secondary N) is 1. The van der Waals surface area contributed by atoms with Gasteiger partial charge in [0.2, 0.25) is 0 Å². The van der Waals surface area contributed by atoms with Gasteiger partial charge in [0.1, 0.15) is 0 Å². The number of hydrogen-bond donors (Lipinski definition) is 1. The minimum atomic E-state index is 0.551. The smallest absolute Gasteiger partial charge is 0.00475 e. The van der Waals surface area contributed by atoms with Crippen LogP contribution in [0.15, 0.2) is 24.3 Å². The summed E-state index contributed by atoms with van der Waals surface area (Å²) in [6.07, 6.45) is 4.23. The molecule has 4 fully saturated rings. The average Bonchev–Trinajstić information content (AvgIpc) is 2.49. The molecule has 4 aliphatic rings. The maximum atomic E-state index is 3.67. The van der Waals surface area contributed by atoms with E-state index in [4.69, 9.17) is 0 Å². The lowest BCUT2D eigenvalue weighted by Gasteiger charge is -2.59. The van der Waals surface area contributed by atoms with E-state index in [9.17, 15) is 0 Å². The minimum absolute atomic E-state index is 0.551. The second kappa shape index (κ2) is 4.85. The van der Waals surface area contributed by atoms with Crippen molar-refractivity contribution in [3.05, 3.63) is 35.4 Å². The van der Waals surface area contributed by atoms with Crippen molar-refractivity contribution in [1.29, 1.82) is 0 Å². The van der Waals surface area contributed by atoms with Gasteiger partial charge in [0.05, 0.1) is 0 Å². The topological polar surface area (TPSA) is 15.3 Å². The van der Waals surface area contributed by atoms with Crippen LogP contribution in [-0.2, 0) is 0 Å². The van der Waals surface area contributed by atoms with E-state index in [2.05, 4.69) is 41.4 Å². The first-order valence-corrected chi connectivity index (χ1v) is 8.28. The van der Waals surface area contributed by atoms with Gasteiger partial charge in [0, 0.05) is 19.0 Å². The Morgan fingerprint density at radius 1 is 1.25 bits per heavy atom. The van der Waals surface area contributed by atoms with Crippen molar-refractivity contribution in [2.75, 3.05) is 32.7 Å². The Kier molecular flexibility index (Phi) is 3.12. The van der Waals surface area contributed by atoms with Crippen molar-refractivity contribution in [2.45, 2.75) is 32.1 Å². The van der Waals surface area contributed by atoms with Gasteiger partial charge in [-0.3, -0.25) is 0 Å². The van der Waals surface area contributed by atoms with Gasteiger partial charge in [0.25, 0.3) is 0 Å². The number of rotatable bonds is 1. The number of benzene rings is 1. The number of fused-ring (bicyclic) bond motifs is 2. The maximum absolute atomic E-state index is 3.67. The first-order chi connectivity index (χ1) is 9.78. The third kappa shape index (κ3) is 1.93. The van der Waals surface area contributed by atoms with E-state index in [-0.39, 0.29) is 0 Å². The van der Waals surface area contributed by atoms with Crippen LogP contribution < -0.4 is 5.32 Å². The first-order valence-electron chi connectivity index (χ1n) is 8.28. The zero-order chi connectivity index (χ0) is 13.6. The SMILES string of the molecule is Cc1cccc(C2CNCCC23CN2CCC3CC2)c1. The quantitative estimate of drug-likeness (QED) is 0.844. The molecule has 4 aliphatic heterocycles. The van der Waals surface area contributed by atoms with Crippen LogP contribution in [0.4, 0.5) is 0 Å². The fraction of sp³-hybridized carbons (Fsp3) is 0.667. The molecular weight excluding hydrogens is 244 g/mol. The van der Waals surface area contributed by atoms with Crippen molar-refractivity contribution >= 4 is 0 Å². The summed E-state index contributed by atoms with van der Waals surface area (Å²) in [6, 6.07) is 9.26. The van der Waals surface area contributed by atoms with Crippen LogP contribution >= 0.6 is 0 Å². The maximum Gasteiger partial charge on any atom is 0.00475 e.